The van der Waals surface area contributed by atoms with Crippen molar-refractivity contribution in [1.82, 2.24) is 9.80 Å². The lowest BCUT2D eigenvalue weighted by molar-refractivity contribution is -0.137. The largest absolute Gasteiger partial charge is 0.504 e. The van der Waals surface area contributed by atoms with Crippen LogP contribution in [0.15, 0.2) is 102 Å². The highest BCUT2D eigenvalue weighted by Crippen LogP contribution is 2.30. The minimum atomic E-state index is -4.41. The van der Waals surface area contributed by atoms with Crippen LogP contribution in [-0.2, 0) is 23.9 Å². The van der Waals surface area contributed by atoms with Crippen molar-refractivity contribution in [1.29, 1.82) is 0 Å². The third-order valence-electron chi connectivity index (χ3n) is 6.66. The summed E-state index contributed by atoms with van der Waals surface area (Å²) in [7, 11) is 2.81. The average Bonchev–Trinajstić information content (AvgIpc) is 2.98. The van der Waals surface area contributed by atoms with Crippen LogP contribution in [0, 0.1) is 0 Å². The molecule has 0 aliphatic heterocycles. The number of allylic oxidation sites excluding steroid dienone is 4. The number of hydrogen-bond acceptors (Lipinski definition) is 6. The van der Waals surface area contributed by atoms with E-state index in [-0.39, 0.29) is 18.1 Å². The number of aldehydes is 1. The molecular weight excluding hydrogens is 545 g/mol. The van der Waals surface area contributed by atoms with Crippen molar-refractivity contribution in [3.05, 3.63) is 118 Å². The summed E-state index contributed by atoms with van der Waals surface area (Å²) in [6, 6.07) is 19.4. The molecule has 0 unspecified atom stereocenters. The Morgan fingerprint density at radius 2 is 1.57 bits per heavy atom. The van der Waals surface area contributed by atoms with Crippen LogP contribution in [0.1, 0.15) is 30.5 Å². The summed E-state index contributed by atoms with van der Waals surface area (Å²) in [5.41, 5.74) is 2.31. The average molecular weight is 585 g/mol. The Kier molecular flexibility index (Phi) is 13.3. The van der Waals surface area contributed by atoms with Crippen LogP contribution >= 0.6 is 0 Å². The molecule has 0 saturated carbocycles. The second-order valence-corrected chi connectivity index (χ2v) is 9.74. The van der Waals surface area contributed by atoms with Crippen LogP contribution in [0.25, 0.3) is 10.8 Å². The van der Waals surface area contributed by atoms with Gasteiger partial charge in [0.25, 0.3) is 0 Å². The van der Waals surface area contributed by atoms with Crippen LogP contribution in [0.5, 0.6) is 0 Å². The predicted molar refractivity (Wildman–Crippen MR) is 161 cm³/mol. The zero-order valence-electron chi connectivity index (χ0n) is 24.4. The lowest BCUT2D eigenvalue weighted by atomic mass is 10.0. The fourth-order valence-corrected chi connectivity index (χ4v) is 4.51. The number of likely N-dealkylation sites (N-methyl/N-ethyl adjacent to an activating group) is 1. The van der Waals surface area contributed by atoms with E-state index < -0.39 is 11.7 Å². The van der Waals surface area contributed by atoms with E-state index in [0.29, 0.717) is 37.2 Å². The number of aliphatic hydroxyl groups is 3. The number of benzene rings is 3. The van der Waals surface area contributed by atoms with Crippen molar-refractivity contribution in [3.8, 4) is 0 Å². The molecule has 0 radical (unpaired) electrons. The lowest BCUT2D eigenvalue weighted by Gasteiger charge is -2.30. The van der Waals surface area contributed by atoms with E-state index in [1.54, 1.807) is 19.9 Å². The highest BCUT2D eigenvalue weighted by atomic mass is 19.4. The van der Waals surface area contributed by atoms with Crippen LogP contribution in [0.2, 0.25) is 0 Å². The van der Waals surface area contributed by atoms with Crippen LogP contribution in [-0.4, -0.2) is 65.2 Å². The zero-order chi connectivity index (χ0) is 31.3. The zero-order valence-corrected chi connectivity index (χ0v) is 24.4. The van der Waals surface area contributed by atoms with Gasteiger partial charge in [-0.2, -0.15) is 13.2 Å². The monoisotopic (exact) mass is 584 g/mol. The van der Waals surface area contributed by atoms with Crippen molar-refractivity contribution in [2.24, 2.45) is 0 Å². The molecule has 42 heavy (non-hydrogen) atoms. The molecule has 0 saturated heterocycles. The van der Waals surface area contributed by atoms with Crippen LogP contribution in [0.3, 0.4) is 0 Å². The van der Waals surface area contributed by atoms with E-state index in [9.17, 15) is 28.2 Å². The minimum Gasteiger partial charge on any atom is -0.504 e. The number of rotatable bonds is 12. The van der Waals surface area contributed by atoms with Crippen molar-refractivity contribution in [2.75, 3.05) is 33.8 Å². The molecule has 0 aliphatic rings. The first kappa shape index (κ1) is 34.1. The maximum Gasteiger partial charge on any atom is 0.416 e. The number of nitrogens with zero attached hydrogens (tertiary/aromatic N) is 2. The molecular formula is C33H39F3N2O4. The minimum absolute atomic E-state index is 0.0852. The third-order valence-corrected chi connectivity index (χ3v) is 6.66. The Labute approximate surface area is 245 Å². The molecule has 0 aromatic heterocycles. The Hall–Kier alpha value is -4.08. The van der Waals surface area contributed by atoms with Gasteiger partial charge in [0.15, 0.2) is 11.5 Å². The molecule has 0 atom stereocenters. The van der Waals surface area contributed by atoms with Gasteiger partial charge in [0, 0.05) is 38.9 Å². The van der Waals surface area contributed by atoms with Gasteiger partial charge in [0.2, 0.25) is 0 Å². The van der Waals surface area contributed by atoms with E-state index >= 15 is 0 Å². The summed E-state index contributed by atoms with van der Waals surface area (Å²) in [6.45, 7) is 4.68. The Balaban J connectivity index is 0.00000301. The van der Waals surface area contributed by atoms with Gasteiger partial charge >= 0.3 is 6.18 Å². The summed E-state index contributed by atoms with van der Waals surface area (Å²) < 4.78 is 39.4. The molecule has 3 aromatic rings. The van der Waals surface area contributed by atoms with Gasteiger partial charge in [-0.3, -0.25) is 0 Å². The van der Waals surface area contributed by atoms with E-state index in [2.05, 4.69) is 6.07 Å². The Bertz CT molecular complexity index is 1410. The highest BCUT2D eigenvalue weighted by Gasteiger charge is 2.30. The number of hydrogen-bond donors (Lipinski definition) is 3. The standard InChI is InChI=1S/C32H35F3N2O3.CH4O/c1-4-30(39)31(40)18-23(2)29(21-24-12-13-26-9-5-6-10-27(26)19-24)37(16-17-38)15-14-36(3)22-25-8-7-11-28(20-25)32(33,34)35;1-2/h4-13,17-20,39-40H,14-16,21-22H2,1-3H3;2H,1H3/b29-23+,30-4+,31-18+;. The van der Waals surface area contributed by atoms with Gasteiger partial charge in [-0.1, -0.05) is 60.7 Å². The first-order chi connectivity index (χ1) is 20.0. The number of fused-ring (bicyclic) bond motifs is 1. The van der Waals surface area contributed by atoms with Crippen molar-refractivity contribution in [2.45, 2.75) is 33.0 Å². The van der Waals surface area contributed by atoms with Gasteiger partial charge in [0.05, 0.1) is 12.1 Å². The molecule has 3 N–H and O–H groups in total. The number of halogens is 3. The van der Waals surface area contributed by atoms with E-state index in [1.165, 1.54) is 18.2 Å². The smallest absolute Gasteiger partial charge is 0.416 e. The topological polar surface area (TPSA) is 84.2 Å². The molecule has 0 amide bonds. The highest BCUT2D eigenvalue weighted by molar-refractivity contribution is 5.83. The second-order valence-electron chi connectivity index (χ2n) is 9.74. The first-order valence-corrected chi connectivity index (χ1v) is 13.4. The summed E-state index contributed by atoms with van der Waals surface area (Å²) >= 11 is 0. The van der Waals surface area contributed by atoms with Gasteiger partial charge in [-0.25, -0.2) is 0 Å². The van der Waals surface area contributed by atoms with E-state index in [1.807, 2.05) is 53.2 Å². The Morgan fingerprint density at radius 1 is 0.881 bits per heavy atom. The fourth-order valence-electron chi connectivity index (χ4n) is 4.51. The molecule has 0 spiro atoms. The van der Waals surface area contributed by atoms with Crippen molar-refractivity contribution >= 4 is 17.1 Å². The maximum atomic E-state index is 13.1. The van der Waals surface area contributed by atoms with Gasteiger partial charge in [-0.15, -0.1) is 0 Å². The molecule has 226 valence electrons. The second kappa shape index (κ2) is 16.4. The SMILES string of the molecule is CO.C\C=C(O)/C(O)=C\C(C)=C(/Cc1ccc2ccccc2c1)N(CC=O)CCN(C)Cc1cccc(C(F)(F)F)c1. The normalized spacial score (nSPS) is 13.0. The molecule has 0 aliphatic carbocycles. The number of carbonyl (C=O) groups excluding carboxylic acids is 1. The van der Waals surface area contributed by atoms with Gasteiger partial charge in [0.1, 0.15) is 6.29 Å². The fraction of sp³-hybridized carbons (Fsp3) is 0.303. The molecule has 9 heteroatoms. The molecule has 0 bridgehead atoms. The summed E-state index contributed by atoms with van der Waals surface area (Å²) in [6.07, 6.45) is -0.296. The van der Waals surface area contributed by atoms with Gasteiger partial charge in [-0.05, 0) is 66.6 Å². The molecule has 0 heterocycles. The maximum absolute atomic E-state index is 13.1. The number of aliphatic hydroxyl groups excluding tert-OH is 3. The van der Waals surface area contributed by atoms with Crippen molar-refractivity contribution < 1.29 is 33.3 Å². The quantitative estimate of drug-likeness (QED) is 0.123. The summed E-state index contributed by atoms with van der Waals surface area (Å²) in [5, 5.41) is 29.5. The molecule has 3 rings (SSSR count). The number of carbonyl (C=O) groups is 1. The summed E-state index contributed by atoms with van der Waals surface area (Å²) in [5.74, 6) is -0.545. The number of alkyl halides is 3. The third kappa shape index (κ3) is 10.1. The predicted octanol–water partition coefficient (Wildman–Crippen LogP) is 6.82. The van der Waals surface area contributed by atoms with E-state index in [4.69, 9.17) is 5.11 Å². The summed E-state index contributed by atoms with van der Waals surface area (Å²) in [4.78, 5) is 15.5. The van der Waals surface area contributed by atoms with Crippen LogP contribution in [0.4, 0.5) is 13.2 Å². The molecule has 0 fully saturated rings. The van der Waals surface area contributed by atoms with Crippen molar-refractivity contribution in [3.63, 3.8) is 0 Å². The molecule has 3 aromatic carbocycles. The van der Waals surface area contributed by atoms with E-state index in [0.717, 1.165) is 47.6 Å². The van der Waals surface area contributed by atoms with Gasteiger partial charge < -0.3 is 29.9 Å². The Morgan fingerprint density at radius 3 is 2.21 bits per heavy atom. The van der Waals surface area contributed by atoms with Crippen LogP contribution < -0.4 is 0 Å². The lowest BCUT2D eigenvalue weighted by Crippen LogP contribution is -2.35. The first-order valence-electron chi connectivity index (χ1n) is 13.4. The molecule has 6 nitrogen and oxygen atoms in total.